The highest BCUT2D eigenvalue weighted by Crippen LogP contribution is 2.39. The molecule has 0 bridgehead atoms. The molecule has 8 nitrogen and oxygen atoms in total. The zero-order valence-corrected chi connectivity index (χ0v) is 13.0. The lowest BCUT2D eigenvalue weighted by molar-refractivity contribution is -0.384. The molecular weight excluding hydrogens is 324 g/mol. The Morgan fingerprint density at radius 2 is 1.92 bits per heavy atom. The van der Waals surface area contributed by atoms with Crippen molar-refractivity contribution in [3.8, 4) is 0 Å². The Morgan fingerprint density at radius 1 is 1.20 bits per heavy atom. The lowest BCUT2D eigenvalue weighted by atomic mass is 9.92. The molecule has 0 aromatic heterocycles. The SMILES string of the molecule is O=C1NC(c2ccc([N+](=O)[O-])cc2)N2CC/C(=N\O)c3cccc1c32. The molecule has 1 unspecified atom stereocenters. The molecule has 8 heteroatoms. The van der Waals surface area contributed by atoms with Gasteiger partial charge >= 0.3 is 0 Å². The number of anilines is 1. The van der Waals surface area contributed by atoms with Crippen LogP contribution in [0.4, 0.5) is 11.4 Å². The minimum Gasteiger partial charge on any atom is -0.411 e. The molecule has 0 saturated heterocycles. The molecule has 126 valence electrons. The number of nitro benzene ring substituents is 1. The fraction of sp³-hybridized carbons (Fsp3) is 0.176. The highest BCUT2D eigenvalue weighted by Gasteiger charge is 2.37. The molecule has 2 aromatic rings. The van der Waals surface area contributed by atoms with Gasteiger partial charge in [-0.05, 0) is 23.8 Å². The third-order valence-corrected chi connectivity index (χ3v) is 4.59. The second-order valence-corrected chi connectivity index (χ2v) is 5.92. The Bertz CT molecular complexity index is 907. The van der Waals surface area contributed by atoms with Crippen LogP contribution in [0.3, 0.4) is 0 Å². The second-order valence-electron chi connectivity index (χ2n) is 5.92. The van der Waals surface area contributed by atoms with Gasteiger partial charge in [0.2, 0.25) is 0 Å². The number of hydrogen-bond acceptors (Lipinski definition) is 6. The van der Waals surface area contributed by atoms with E-state index in [-0.39, 0.29) is 11.6 Å². The number of amides is 1. The van der Waals surface area contributed by atoms with Crippen molar-refractivity contribution in [1.29, 1.82) is 0 Å². The molecule has 2 heterocycles. The topological polar surface area (TPSA) is 108 Å². The fourth-order valence-electron chi connectivity index (χ4n) is 3.43. The summed E-state index contributed by atoms with van der Waals surface area (Å²) < 4.78 is 0. The molecule has 1 amide bonds. The van der Waals surface area contributed by atoms with Crippen LogP contribution in [-0.4, -0.2) is 28.3 Å². The maximum absolute atomic E-state index is 12.5. The summed E-state index contributed by atoms with van der Waals surface area (Å²) >= 11 is 0. The van der Waals surface area contributed by atoms with E-state index in [4.69, 9.17) is 0 Å². The minimum atomic E-state index is -0.457. The van der Waals surface area contributed by atoms with Crippen LogP contribution in [0.2, 0.25) is 0 Å². The van der Waals surface area contributed by atoms with E-state index in [1.54, 1.807) is 24.3 Å². The third-order valence-electron chi connectivity index (χ3n) is 4.59. The number of hydrogen-bond donors (Lipinski definition) is 2. The molecule has 0 saturated carbocycles. The van der Waals surface area contributed by atoms with Crippen LogP contribution in [0.15, 0.2) is 47.6 Å². The van der Waals surface area contributed by atoms with Crippen LogP contribution in [0.1, 0.15) is 34.1 Å². The van der Waals surface area contributed by atoms with Gasteiger partial charge in [0.1, 0.15) is 6.17 Å². The van der Waals surface area contributed by atoms with E-state index in [2.05, 4.69) is 10.5 Å². The van der Waals surface area contributed by atoms with Crippen molar-refractivity contribution in [3.63, 3.8) is 0 Å². The van der Waals surface area contributed by atoms with Crippen LogP contribution in [0.5, 0.6) is 0 Å². The van der Waals surface area contributed by atoms with E-state index >= 15 is 0 Å². The number of carbonyl (C=O) groups is 1. The van der Waals surface area contributed by atoms with Crippen molar-refractivity contribution in [2.24, 2.45) is 5.16 Å². The van der Waals surface area contributed by atoms with Gasteiger partial charge in [0, 0.05) is 30.7 Å². The summed E-state index contributed by atoms with van der Waals surface area (Å²) in [6, 6.07) is 11.5. The normalized spacial score (nSPS) is 20.2. The molecule has 1 atom stereocenters. The van der Waals surface area contributed by atoms with Gasteiger partial charge in [-0.2, -0.15) is 0 Å². The van der Waals surface area contributed by atoms with Crippen molar-refractivity contribution < 1.29 is 14.9 Å². The second kappa shape index (κ2) is 5.59. The van der Waals surface area contributed by atoms with Gasteiger partial charge in [-0.25, -0.2) is 0 Å². The maximum atomic E-state index is 12.5. The first kappa shape index (κ1) is 15.1. The first-order valence-corrected chi connectivity index (χ1v) is 7.76. The van der Waals surface area contributed by atoms with Crippen LogP contribution < -0.4 is 10.2 Å². The molecule has 2 aliphatic heterocycles. The Labute approximate surface area is 142 Å². The first-order valence-electron chi connectivity index (χ1n) is 7.76. The lowest BCUT2D eigenvalue weighted by Crippen LogP contribution is -2.49. The van der Waals surface area contributed by atoms with Gasteiger partial charge < -0.3 is 15.4 Å². The molecule has 2 aromatic carbocycles. The Hall–Kier alpha value is -3.42. The predicted molar refractivity (Wildman–Crippen MR) is 90.0 cm³/mol. The van der Waals surface area contributed by atoms with E-state index < -0.39 is 11.1 Å². The van der Waals surface area contributed by atoms with E-state index in [1.165, 1.54) is 12.1 Å². The largest absolute Gasteiger partial charge is 0.411 e. The summed E-state index contributed by atoms with van der Waals surface area (Å²) in [5.74, 6) is -0.226. The molecule has 25 heavy (non-hydrogen) atoms. The third kappa shape index (κ3) is 2.30. The van der Waals surface area contributed by atoms with Gasteiger partial charge in [-0.15, -0.1) is 0 Å². The number of benzene rings is 2. The molecular formula is C17H14N4O4. The lowest BCUT2D eigenvalue weighted by Gasteiger charge is -2.42. The summed E-state index contributed by atoms with van der Waals surface area (Å²) in [5, 5.41) is 26.4. The van der Waals surface area contributed by atoms with Crippen molar-refractivity contribution in [2.75, 3.05) is 11.4 Å². The molecule has 0 aliphatic carbocycles. The summed E-state index contributed by atoms with van der Waals surface area (Å²) in [4.78, 5) is 24.9. The summed E-state index contributed by atoms with van der Waals surface area (Å²) in [6.07, 6.45) is 0.106. The number of nitro groups is 1. The molecule has 0 radical (unpaired) electrons. The van der Waals surface area contributed by atoms with Gasteiger partial charge in [-0.1, -0.05) is 17.3 Å². The molecule has 2 N–H and O–H groups in total. The summed E-state index contributed by atoms with van der Waals surface area (Å²) in [7, 11) is 0. The van der Waals surface area contributed by atoms with Gasteiger partial charge in [0.25, 0.3) is 11.6 Å². The van der Waals surface area contributed by atoms with Gasteiger partial charge in [0.15, 0.2) is 0 Å². The van der Waals surface area contributed by atoms with Crippen molar-refractivity contribution in [2.45, 2.75) is 12.6 Å². The van der Waals surface area contributed by atoms with Crippen LogP contribution in [0.25, 0.3) is 0 Å². The average molecular weight is 338 g/mol. The smallest absolute Gasteiger partial charge is 0.269 e. The summed E-state index contributed by atoms with van der Waals surface area (Å²) in [6.45, 7) is 0.561. The van der Waals surface area contributed by atoms with Crippen molar-refractivity contribution >= 4 is 23.0 Å². The number of oxime groups is 1. The average Bonchev–Trinajstić information content (AvgIpc) is 2.64. The first-order chi connectivity index (χ1) is 12.1. The molecule has 2 aliphatic rings. The van der Waals surface area contributed by atoms with Crippen LogP contribution >= 0.6 is 0 Å². The van der Waals surface area contributed by atoms with Gasteiger partial charge in [0.05, 0.1) is 21.9 Å². The Kier molecular flexibility index (Phi) is 3.38. The van der Waals surface area contributed by atoms with Crippen molar-refractivity contribution in [3.05, 3.63) is 69.3 Å². The van der Waals surface area contributed by atoms with E-state index in [0.29, 0.717) is 24.2 Å². The highest BCUT2D eigenvalue weighted by molar-refractivity contribution is 6.13. The standard InChI is InChI=1S/C17H14N4O4/c22-17-13-3-1-2-12-14(19-23)8-9-20(15(12)13)16(18-17)10-4-6-11(7-5-10)21(24)25/h1-7,16,23H,8-9H2,(H,18,22)/b19-14+. The molecule has 0 spiro atoms. The summed E-state index contributed by atoms with van der Waals surface area (Å²) in [5.41, 5.74) is 3.28. The number of non-ortho nitro benzene ring substituents is 1. The maximum Gasteiger partial charge on any atom is 0.269 e. The van der Waals surface area contributed by atoms with E-state index in [0.717, 1.165) is 16.8 Å². The molecule has 0 fully saturated rings. The number of rotatable bonds is 2. The predicted octanol–water partition coefficient (Wildman–Crippen LogP) is 2.43. The monoisotopic (exact) mass is 338 g/mol. The number of carbonyl (C=O) groups excluding carboxylic acids is 1. The van der Waals surface area contributed by atoms with Gasteiger partial charge in [-0.3, -0.25) is 14.9 Å². The number of nitrogens with one attached hydrogen (secondary N) is 1. The zero-order chi connectivity index (χ0) is 17.6. The number of nitrogens with zero attached hydrogens (tertiary/aromatic N) is 3. The Morgan fingerprint density at radius 3 is 2.60 bits per heavy atom. The van der Waals surface area contributed by atoms with E-state index in [9.17, 15) is 20.1 Å². The van der Waals surface area contributed by atoms with Crippen LogP contribution in [-0.2, 0) is 0 Å². The quantitative estimate of drug-likeness (QED) is 0.497. The minimum absolute atomic E-state index is 0.000296. The highest BCUT2D eigenvalue weighted by atomic mass is 16.6. The van der Waals surface area contributed by atoms with E-state index in [1.807, 2.05) is 11.0 Å². The molecule has 4 rings (SSSR count). The zero-order valence-electron chi connectivity index (χ0n) is 13.0. The number of para-hydroxylation sites is 1. The van der Waals surface area contributed by atoms with Crippen LogP contribution in [0, 0.1) is 10.1 Å². The fourth-order valence-corrected chi connectivity index (χ4v) is 3.43. The Balaban J connectivity index is 1.81. The van der Waals surface area contributed by atoms with Crippen molar-refractivity contribution in [1.82, 2.24) is 5.32 Å².